The number of benzene rings is 1. The zero-order valence-electron chi connectivity index (χ0n) is 14.1. The van der Waals surface area contributed by atoms with Crippen LogP contribution in [-0.2, 0) is 0 Å². The summed E-state index contributed by atoms with van der Waals surface area (Å²) >= 11 is 0. The van der Waals surface area contributed by atoms with Crippen molar-refractivity contribution in [3.05, 3.63) is 36.2 Å². The lowest BCUT2D eigenvalue weighted by atomic mass is 10.1. The molecule has 3 aromatic rings. The Hall–Kier alpha value is -2.31. The molecule has 0 aliphatic carbocycles. The Kier molecular flexibility index (Phi) is 5.87. The molecule has 2 aromatic heterocycles. The van der Waals surface area contributed by atoms with E-state index in [0.29, 0.717) is 0 Å². The summed E-state index contributed by atoms with van der Waals surface area (Å²) < 4.78 is 0. The number of nitrogens with one attached hydrogen (secondary N) is 1. The van der Waals surface area contributed by atoms with E-state index in [1.165, 1.54) is 19.3 Å². The number of hydrogen-bond donors (Lipinski definition) is 2. The Morgan fingerprint density at radius 2 is 1.72 bits per heavy atom. The fourth-order valence-corrected chi connectivity index (χ4v) is 3.24. The van der Waals surface area contributed by atoms with Crippen molar-refractivity contribution in [3.8, 4) is 17.0 Å². The molecule has 0 amide bonds. The van der Waals surface area contributed by atoms with Crippen LogP contribution in [0.2, 0.25) is 0 Å². The highest BCUT2D eigenvalue weighted by Crippen LogP contribution is 2.30. The van der Waals surface area contributed by atoms with Crippen LogP contribution in [0, 0.1) is 6.92 Å². The molecule has 0 bridgehead atoms. The number of aryl methyl sites for hydroxylation is 1. The highest BCUT2D eigenvalue weighted by Gasteiger charge is 2.18. The molecule has 25 heavy (non-hydrogen) atoms. The van der Waals surface area contributed by atoms with Crippen molar-refractivity contribution in [2.75, 3.05) is 18.0 Å². The van der Waals surface area contributed by atoms with Gasteiger partial charge in [0.25, 0.3) is 0 Å². The Bertz CT molecular complexity index is 842. The van der Waals surface area contributed by atoms with Crippen LogP contribution >= 0.6 is 12.4 Å². The van der Waals surface area contributed by atoms with E-state index in [1.807, 2.05) is 19.1 Å². The molecule has 0 radical (unpaired) electrons. The van der Waals surface area contributed by atoms with E-state index < -0.39 is 0 Å². The third-order valence-corrected chi connectivity index (χ3v) is 4.40. The molecule has 0 atom stereocenters. The average molecular weight is 363 g/mol. The fourth-order valence-electron chi connectivity index (χ4n) is 3.24. The van der Waals surface area contributed by atoms with Crippen LogP contribution in [0.5, 0.6) is 5.75 Å². The number of phenolic OH excluding ortho intramolecular Hbond substituents is 1. The quantitative estimate of drug-likeness (QED) is 0.731. The standard InChI is InChI=1S/C18H20N4O.ClH.H2O/c1-12-19-16-11-15(13-5-7-14(23)8-6-13)21-17(16)18(20-12)22-9-3-2-4-10-22;;/h5-8,11,21,23H,2-4,9-10H2,1H3;1H;1H2. The molecule has 1 aliphatic heterocycles. The zero-order valence-corrected chi connectivity index (χ0v) is 14.9. The van der Waals surface area contributed by atoms with Gasteiger partial charge in [-0.05, 0) is 62.1 Å². The van der Waals surface area contributed by atoms with Gasteiger partial charge in [-0.3, -0.25) is 0 Å². The van der Waals surface area contributed by atoms with Crippen LogP contribution in [0.1, 0.15) is 25.1 Å². The number of halogens is 1. The van der Waals surface area contributed by atoms with Crippen molar-refractivity contribution in [1.29, 1.82) is 0 Å². The number of fused-ring (bicyclic) bond motifs is 1. The van der Waals surface area contributed by atoms with Crippen molar-refractivity contribution in [1.82, 2.24) is 15.0 Å². The number of rotatable bonds is 2. The lowest BCUT2D eigenvalue weighted by Crippen LogP contribution is -2.30. The number of piperidine rings is 1. The SMILES string of the molecule is Cc1nc(N2CCCCC2)c2[nH]c(-c3ccc(O)cc3)cc2n1.Cl.O. The minimum Gasteiger partial charge on any atom is -0.508 e. The second-order valence-corrected chi connectivity index (χ2v) is 6.13. The van der Waals surface area contributed by atoms with E-state index in [4.69, 9.17) is 0 Å². The van der Waals surface area contributed by atoms with Crippen LogP contribution in [0.3, 0.4) is 0 Å². The smallest absolute Gasteiger partial charge is 0.156 e. The number of hydrogen-bond acceptors (Lipinski definition) is 4. The molecule has 7 heteroatoms. The van der Waals surface area contributed by atoms with Gasteiger partial charge < -0.3 is 20.5 Å². The Labute approximate surface area is 152 Å². The molecule has 4 N–H and O–H groups in total. The first-order valence-electron chi connectivity index (χ1n) is 8.12. The molecule has 1 aromatic carbocycles. The summed E-state index contributed by atoms with van der Waals surface area (Å²) in [5, 5.41) is 9.45. The Balaban J connectivity index is 0.00000113. The second kappa shape index (κ2) is 7.72. The Morgan fingerprint density at radius 3 is 2.40 bits per heavy atom. The third kappa shape index (κ3) is 3.70. The van der Waals surface area contributed by atoms with Crippen molar-refractivity contribution in [2.24, 2.45) is 0 Å². The molecule has 134 valence electrons. The summed E-state index contributed by atoms with van der Waals surface area (Å²) in [7, 11) is 0. The van der Waals surface area contributed by atoms with Crippen LogP contribution in [-0.4, -0.2) is 38.6 Å². The molecule has 1 saturated heterocycles. The minimum atomic E-state index is 0. The average Bonchev–Trinajstić information content (AvgIpc) is 2.99. The molecule has 1 aliphatic rings. The molecule has 1 fully saturated rings. The van der Waals surface area contributed by atoms with Gasteiger partial charge >= 0.3 is 0 Å². The number of anilines is 1. The van der Waals surface area contributed by atoms with Crippen LogP contribution in [0.25, 0.3) is 22.3 Å². The van der Waals surface area contributed by atoms with Gasteiger partial charge in [0.15, 0.2) is 5.82 Å². The van der Waals surface area contributed by atoms with Gasteiger partial charge in [0.1, 0.15) is 17.1 Å². The van der Waals surface area contributed by atoms with Crippen molar-refractivity contribution in [3.63, 3.8) is 0 Å². The normalized spacial score (nSPS) is 14.0. The molecule has 0 spiro atoms. The first-order valence-corrected chi connectivity index (χ1v) is 8.12. The van der Waals surface area contributed by atoms with Crippen molar-refractivity contribution >= 4 is 29.3 Å². The van der Waals surface area contributed by atoms with Gasteiger partial charge in [-0.2, -0.15) is 0 Å². The zero-order chi connectivity index (χ0) is 15.8. The van der Waals surface area contributed by atoms with Crippen LogP contribution in [0.4, 0.5) is 5.82 Å². The van der Waals surface area contributed by atoms with Crippen molar-refractivity contribution < 1.29 is 10.6 Å². The van der Waals surface area contributed by atoms with E-state index in [9.17, 15) is 5.11 Å². The van der Waals surface area contributed by atoms with E-state index >= 15 is 0 Å². The van der Waals surface area contributed by atoms with E-state index in [0.717, 1.165) is 47.0 Å². The maximum Gasteiger partial charge on any atom is 0.156 e. The molecular weight excluding hydrogens is 340 g/mol. The third-order valence-electron chi connectivity index (χ3n) is 4.40. The fraction of sp³-hybridized carbons (Fsp3) is 0.333. The summed E-state index contributed by atoms with van der Waals surface area (Å²) in [6, 6.07) is 9.26. The summed E-state index contributed by atoms with van der Waals surface area (Å²) in [6.07, 6.45) is 3.74. The molecular formula is C18H23ClN4O2. The topological polar surface area (TPSA) is 96.5 Å². The maximum absolute atomic E-state index is 9.45. The molecule has 0 saturated carbocycles. The van der Waals surface area contributed by atoms with Gasteiger partial charge in [-0.25, -0.2) is 9.97 Å². The number of aromatic nitrogens is 3. The van der Waals surface area contributed by atoms with Crippen molar-refractivity contribution in [2.45, 2.75) is 26.2 Å². The summed E-state index contributed by atoms with van der Waals surface area (Å²) in [5.74, 6) is 2.08. The number of H-pyrrole nitrogens is 1. The summed E-state index contributed by atoms with van der Waals surface area (Å²) in [4.78, 5) is 15.1. The van der Waals surface area contributed by atoms with Gasteiger partial charge in [0.2, 0.25) is 0 Å². The first-order chi connectivity index (χ1) is 11.2. The molecule has 3 heterocycles. The van der Waals surface area contributed by atoms with Gasteiger partial charge in [-0.15, -0.1) is 12.4 Å². The Morgan fingerprint density at radius 1 is 1.04 bits per heavy atom. The second-order valence-electron chi connectivity index (χ2n) is 6.13. The van der Waals surface area contributed by atoms with Gasteiger partial charge in [-0.1, -0.05) is 0 Å². The number of phenols is 1. The predicted octanol–water partition coefficient (Wildman–Crippen LogP) is 3.23. The minimum absolute atomic E-state index is 0. The number of aromatic hydroxyl groups is 1. The largest absolute Gasteiger partial charge is 0.508 e. The predicted molar refractivity (Wildman–Crippen MR) is 103 cm³/mol. The van der Waals surface area contributed by atoms with Gasteiger partial charge in [0.05, 0.1) is 5.52 Å². The number of aromatic amines is 1. The van der Waals surface area contributed by atoms with Crippen LogP contribution < -0.4 is 4.90 Å². The lowest BCUT2D eigenvalue weighted by molar-refractivity contribution is 0.475. The van der Waals surface area contributed by atoms with Crippen LogP contribution in [0.15, 0.2) is 30.3 Å². The molecule has 4 rings (SSSR count). The first kappa shape index (κ1) is 19.0. The highest BCUT2D eigenvalue weighted by atomic mass is 35.5. The number of nitrogens with zero attached hydrogens (tertiary/aromatic N) is 3. The lowest BCUT2D eigenvalue weighted by Gasteiger charge is -2.28. The van der Waals surface area contributed by atoms with Gasteiger partial charge in [0, 0.05) is 18.8 Å². The van der Waals surface area contributed by atoms with E-state index in [2.05, 4.69) is 25.9 Å². The van der Waals surface area contributed by atoms with E-state index in [-0.39, 0.29) is 23.6 Å². The summed E-state index contributed by atoms with van der Waals surface area (Å²) in [6.45, 7) is 4.05. The monoisotopic (exact) mass is 362 g/mol. The highest BCUT2D eigenvalue weighted by molar-refractivity contribution is 5.91. The maximum atomic E-state index is 9.45. The molecule has 6 nitrogen and oxygen atoms in total. The molecule has 0 unspecified atom stereocenters. The van der Waals surface area contributed by atoms with E-state index in [1.54, 1.807) is 12.1 Å². The summed E-state index contributed by atoms with van der Waals surface area (Å²) in [5.41, 5.74) is 3.97.